The van der Waals surface area contributed by atoms with Crippen LogP contribution in [0.2, 0.25) is 0 Å². The smallest absolute Gasteiger partial charge is 0.345 e. The average Bonchev–Trinajstić information content (AvgIpc) is 2.77. The number of hydrogen-bond acceptors (Lipinski definition) is 5. The Morgan fingerprint density at radius 3 is 2.50 bits per heavy atom. The molecule has 1 aromatic rings. The second-order valence-corrected chi connectivity index (χ2v) is 7.36. The molecular weight excluding hydrogens is 302 g/mol. The second kappa shape index (κ2) is 7.72. The summed E-state index contributed by atoms with van der Waals surface area (Å²) < 4.78 is 26.5. The van der Waals surface area contributed by atoms with Crippen LogP contribution in [0.5, 0.6) is 0 Å². The first kappa shape index (κ1) is 17.1. The minimum Gasteiger partial charge on any atom is -0.477 e. The van der Waals surface area contributed by atoms with Crippen LogP contribution in [0.3, 0.4) is 0 Å². The molecule has 0 fully saturated rings. The van der Waals surface area contributed by atoms with Crippen LogP contribution in [0.4, 0.5) is 0 Å². The van der Waals surface area contributed by atoms with Gasteiger partial charge in [-0.2, -0.15) is 0 Å². The molecule has 20 heavy (non-hydrogen) atoms. The average molecular weight is 321 g/mol. The maximum Gasteiger partial charge on any atom is 0.345 e. The van der Waals surface area contributed by atoms with Gasteiger partial charge >= 0.3 is 5.97 Å². The topological polar surface area (TPSA) is 104 Å². The quantitative estimate of drug-likeness (QED) is 0.599. The molecule has 0 radical (unpaired) electrons. The molecule has 0 aromatic carbocycles. The molecule has 0 aliphatic carbocycles. The molecule has 0 amide bonds. The summed E-state index contributed by atoms with van der Waals surface area (Å²) in [4.78, 5) is 11.4. The highest BCUT2D eigenvalue weighted by atomic mass is 32.2. The van der Waals surface area contributed by atoms with Gasteiger partial charge in [-0.15, -0.1) is 11.3 Å². The number of carboxylic acids is 1. The normalized spacial score (nSPS) is 11.7. The van der Waals surface area contributed by atoms with E-state index in [0.717, 1.165) is 30.6 Å². The van der Waals surface area contributed by atoms with Gasteiger partial charge in [-0.05, 0) is 25.8 Å². The molecule has 1 rings (SSSR count). The number of aliphatic hydroxyl groups excluding tert-OH is 1. The third-order valence-electron chi connectivity index (χ3n) is 2.75. The summed E-state index contributed by atoms with van der Waals surface area (Å²) >= 11 is 0.953. The lowest BCUT2D eigenvalue weighted by Crippen LogP contribution is -2.25. The highest BCUT2D eigenvalue weighted by Gasteiger charge is 2.21. The van der Waals surface area contributed by atoms with Crippen molar-refractivity contribution in [1.82, 2.24) is 4.72 Å². The van der Waals surface area contributed by atoms with Crippen LogP contribution >= 0.6 is 11.3 Å². The van der Waals surface area contributed by atoms with Gasteiger partial charge in [-0.25, -0.2) is 17.9 Å². The Labute approximate surface area is 122 Å². The summed E-state index contributed by atoms with van der Waals surface area (Å²) in [6.45, 7) is 2.05. The fraction of sp³-hybridized carbons (Fsp3) is 0.583. The van der Waals surface area contributed by atoms with Crippen LogP contribution in [0, 0.1) is 6.92 Å². The van der Waals surface area contributed by atoms with Crippen molar-refractivity contribution < 1.29 is 23.4 Å². The lowest BCUT2D eigenvalue weighted by atomic mass is 10.2. The zero-order valence-electron chi connectivity index (χ0n) is 11.3. The van der Waals surface area contributed by atoms with Gasteiger partial charge < -0.3 is 10.2 Å². The predicted molar refractivity (Wildman–Crippen MR) is 76.8 cm³/mol. The van der Waals surface area contributed by atoms with Gasteiger partial charge in [0.05, 0.1) is 4.90 Å². The summed E-state index contributed by atoms with van der Waals surface area (Å²) in [6, 6.07) is 1.19. The summed E-state index contributed by atoms with van der Waals surface area (Å²) in [5.74, 6) is -1.12. The van der Waals surface area contributed by atoms with Gasteiger partial charge in [-0.1, -0.05) is 12.8 Å². The fourth-order valence-corrected chi connectivity index (χ4v) is 4.21. The minimum absolute atomic E-state index is 0.0193. The molecule has 8 heteroatoms. The SMILES string of the molecule is Cc1sc(C(=O)O)cc1S(=O)(=O)NCCCCCCO. The molecule has 0 aliphatic rings. The number of sulfonamides is 1. The largest absolute Gasteiger partial charge is 0.477 e. The lowest BCUT2D eigenvalue weighted by molar-refractivity contribution is 0.0702. The molecule has 0 saturated carbocycles. The standard InChI is InChI=1S/C12H19NO5S2/c1-9-11(8-10(19-9)12(15)16)20(17,18)13-6-4-2-3-5-7-14/h8,13-14H,2-7H2,1H3,(H,15,16). The summed E-state index contributed by atoms with van der Waals surface area (Å²) in [5, 5.41) is 17.5. The maximum absolute atomic E-state index is 12.0. The van der Waals surface area contributed by atoms with E-state index in [1.165, 1.54) is 6.07 Å². The molecule has 3 N–H and O–H groups in total. The first-order valence-electron chi connectivity index (χ1n) is 6.32. The number of rotatable bonds is 9. The molecule has 0 saturated heterocycles. The van der Waals surface area contributed by atoms with Gasteiger partial charge in [0.2, 0.25) is 10.0 Å². The Kier molecular flexibility index (Phi) is 6.60. The molecule has 0 atom stereocenters. The highest BCUT2D eigenvalue weighted by Crippen LogP contribution is 2.25. The van der Waals surface area contributed by atoms with Gasteiger partial charge in [0.25, 0.3) is 0 Å². The van der Waals surface area contributed by atoms with E-state index in [4.69, 9.17) is 10.2 Å². The number of carbonyl (C=O) groups is 1. The Hall–Kier alpha value is -0.960. The van der Waals surface area contributed by atoms with Crippen molar-refractivity contribution in [1.29, 1.82) is 0 Å². The Morgan fingerprint density at radius 2 is 1.95 bits per heavy atom. The van der Waals surface area contributed by atoms with Crippen molar-refractivity contribution in [2.45, 2.75) is 37.5 Å². The van der Waals surface area contributed by atoms with Gasteiger partial charge in [0.15, 0.2) is 0 Å². The van der Waals surface area contributed by atoms with Crippen molar-refractivity contribution >= 4 is 27.3 Å². The summed E-state index contributed by atoms with van der Waals surface area (Å²) in [7, 11) is -3.65. The molecule has 0 spiro atoms. The number of thiophene rings is 1. The van der Waals surface area contributed by atoms with Crippen molar-refractivity contribution in [3.8, 4) is 0 Å². The van der Waals surface area contributed by atoms with Crippen LogP contribution in [-0.2, 0) is 10.0 Å². The van der Waals surface area contributed by atoms with Crippen LogP contribution in [0.25, 0.3) is 0 Å². The van der Waals surface area contributed by atoms with Crippen LogP contribution in [0.1, 0.15) is 40.2 Å². The van der Waals surface area contributed by atoms with E-state index >= 15 is 0 Å². The number of aliphatic hydroxyl groups is 1. The van der Waals surface area contributed by atoms with Crippen LogP contribution < -0.4 is 4.72 Å². The number of carboxylic acid groups (broad SMARTS) is 1. The van der Waals surface area contributed by atoms with Gasteiger partial charge in [0, 0.05) is 18.0 Å². The molecule has 0 aliphatic heterocycles. The second-order valence-electron chi connectivity index (χ2n) is 4.37. The number of aryl methyl sites for hydroxylation is 1. The first-order chi connectivity index (χ1) is 9.38. The third kappa shape index (κ3) is 4.86. The van der Waals surface area contributed by atoms with Crippen molar-refractivity contribution in [3.63, 3.8) is 0 Å². The van der Waals surface area contributed by atoms with Gasteiger partial charge in [0.1, 0.15) is 4.88 Å². The number of unbranched alkanes of at least 4 members (excludes halogenated alkanes) is 3. The van der Waals surface area contributed by atoms with E-state index in [1.807, 2.05) is 0 Å². The highest BCUT2D eigenvalue weighted by molar-refractivity contribution is 7.89. The van der Waals surface area contributed by atoms with Crippen molar-refractivity contribution in [3.05, 3.63) is 15.8 Å². The maximum atomic E-state index is 12.0. The van der Waals surface area contributed by atoms with E-state index in [-0.39, 0.29) is 16.4 Å². The molecule has 1 aromatic heterocycles. The van der Waals surface area contributed by atoms with E-state index in [2.05, 4.69) is 4.72 Å². The Bertz CT molecular complexity index is 550. The molecule has 6 nitrogen and oxygen atoms in total. The molecule has 0 bridgehead atoms. The van der Waals surface area contributed by atoms with Crippen molar-refractivity contribution in [2.24, 2.45) is 0 Å². The van der Waals surface area contributed by atoms with Gasteiger partial charge in [-0.3, -0.25) is 0 Å². The zero-order chi connectivity index (χ0) is 15.2. The Morgan fingerprint density at radius 1 is 1.30 bits per heavy atom. The van der Waals surface area contributed by atoms with E-state index in [9.17, 15) is 13.2 Å². The molecule has 1 heterocycles. The molecule has 0 unspecified atom stereocenters. The van der Waals surface area contributed by atoms with E-state index in [0.29, 0.717) is 17.8 Å². The van der Waals surface area contributed by atoms with Crippen LogP contribution in [0.15, 0.2) is 11.0 Å². The zero-order valence-corrected chi connectivity index (χ0v) is 12.9. The number of nitrogens with one attached hydrogen (secondary N) is 1. The number of hydrogen-bond donors (Lipinski definition) is 3. The Balaban J connectivity index is 2.58. The summed E-state index contributed by atoms with van der Waals surface area (Å²) in [6.07, 6.45) is 3.11. The first-order valence-corrected chi connectivity index (χ1v) is 8.62. The number of aromatic carboxylic acids is 1. The monoisotopic (exact) mass is 321 g/mol. The van der Waals surface area contributed by atoms with Crippen molar-refractivity contribution in [2.75, 3.05) is 13.2 Å². The predicted octanol–water partition coefficient (Wildman–Crippen LogP) is 1.59. The van der Waals surface area contributed by atoms with Crippen LogP contribution in [-0.4, -0.2) is 37.8 Å². The van der Waals surface area contributed by atoms with E-state index < -0.39 is 16.0 Å². The summed E-state index contributed by atoms with van der Waals surface area (Å²) in [5.41, 5.74) is 0. The molecule has 114 valence electrons. The minimum atomic E-state index is -3.65. The fourth-order valence-electron chi connectivity index (χ4n) is 1.71. The van der Waals surface area contributed by atoms with E-state index in [1.54, 1.807) is 6.92 Å². The third-order valence-corrected chi connectivity index (χ3v) is 5.50. The lowest BCUT2D eigenvalue weighted by Gasteiger charge is -2.05. The molecular formula is C12H19NO5S2.